The average molecular weight is 301 g/mol. The summed E-state index contributed by atoms with van der Waals surface area (Å²) in [7, 11) is 0. The van der Waals surface area contributed by atoms with Gasteiger partial charge in [0.25, 0.3) is 0 Å². The summed E-state index contributed by atoms with van der Waals surface area (Å²) in [4.78, 5) is 0. The lowest BCUT2D eigenvalue weighted by Crippen LogP contribution is -1.76. The molecule has 2 aromatic rings. The van der Waals surface area contributed by atoms with Crippen molar-refractivity contribution < 1.29 is 5.11 Å². The molecular formula is C9H4INOS. The average Bonchev–Trinajstić information content (AvgIpc) is 2.48. The first-order chi connectivity index (χ1) is 6.24. The lowest BCUT2D eigenvalue weighted by Gasteiger charge is -1.96. The van der Waals surface area contributed by atoms with Gasteiger partial charge in [-0.2, -0.15) is 5.26 Å². The van der Waals surface area contributed by atoms with E-state index in [2.05, 4.69) is 22.6 Å². The Balaban J connectivity index is 2.95. The second-order valence-corrected chi connectivity index (χ2v) is 4.57. The highest BCUT2D eigenvalue weighted by molar-refractivity contribution is 14.1. The molecule has 0 saturated heterocycles. The Morgan fingerprint density at radius 1 is 1.46 bits per heavy atom. The smallest absolute Gasteiger partial charge is 0.134 e. The van der Waals surface area contributed by atoms with E-state index in [9.17, 15) is 5.11 Å². The Kier molecular flexibility index (Phi) is 2.14. The summed E-state index contributed by atoms with van der Waals surface area (Å²) >= 11 is 3.71. The van der Waals surface area contributed by atoms with Gasteiger partial charge in [0.1, 0.15) is 17.4 Å². The van der Waals surface area contributed by atoms with Crippen molar-refractivity contribution in [1.29, 1.82) is 5.26 Å². The number of halogens is 1. The number of benzene rings is 1. The quantitative estimate of drug-likeness (QED) is 0.760. The minimum atomic E-state index is 0.0632. The Morgan fingerprint density at radius 3 is 2.92 bits per heavy atom. The van der Waals surface area contributed by atoms with E-state index < -0.39 is 0 Å². The number of phenols is 1. The summed E-state index contributed by atoms with van der Waals surface area (Å²) in [6.07, 6.45) is 0. The molecule has 1 heterocycles. The third-order valence-corrected chi connectivity index (χ3v) is 4.11. The lowest BCUT2D eigenvalue weighted by molar-refractivity contribution is 0.474. The van der Waals surface area contributed by atoms with E-state index in [1.807, 2.05) is 17.5 Å². The first-order valence-corrected chi connectivity index (χ1v) is 5.48. The van der Waals surface area contributed by atoms with Gasteiger partial charge in [-0.1, -0.05) is 0 Å². The van der Waals surface area contributed by atoms with Crippen LogP contribution in [0.1, 0.15) is 5.56 Å². The van der Waals surface area contributed by atoms with Crippen LogP contribution in [-0.2, 0) is 0 Å². The first kappa shape index (κ1) is 8.78. The highest BCUT2D eigenvalue weighted by atomic mass is 127. The normalized spacial score (nSPS) is 10.2. The SMILES string of the molecule is N#Cc1c(O)ccc2c(I)csc12. The molecule has 0 atom stereocenters. The summed E-state index contributed by atoms with van der Waals surface area (Å²) < 4.78 is 1.99. The van der Waals surface area contributed by atoms with E-state index in [1.54, 1.807) is 6.07 Å². The number of hydrogen-bond acceptors (Lipinski definition) is 3. The van der Waals surface area contributed by atoms with E-state index >= 15 is 0 Å². The standard InChI is InChI=1S/C9H4INOS/c10-7-4-13-9-5(7)1-2-8(12)6(9)3-11/h1-2,4,12H. The molecule has 0 aliphatic rings. The van der Waals surface area contributed by atoms with Crippen molar-refractivity contribution in [3.05, 3.63) is 26.6 Å². The van der Waals surface area contributed by atoms with Crippen molar-refractivity contribution in [3.63, 3.8) is 0 Å². The van der Waals surface area contributed by atoms with Crippen LogP contribution in [0, 0.1) is 14.9 Å². The first-order valence-electron chi connectivity index (χ1n) is 3.53. The van der Waals surface area contributed by atoms with Gasteiger partial charge in [0, 0.05) is 14.3 Å². The van der Waals surface area contributed by atoms with E-state index in [1.165, 1.54) is 11.3 Å². The molecule has 0 aliphatic heterocycles. The predicted molar refractivity (Wildman–Crippen MR) is 60.9 cm³/mol. The molecule has 0 radical (unpaired) electrons. The van der Waals surface area contributed by atoms with Crippen LogP contribution < -0.4 is 0 Å². The summed E-state index contributed by atoms with van der Waals surface area (Å²) in [5.74, 6) is 0.0632. The van der Waals surface area contributed by atoms with Crippen LogP contribution in [0.5, 0.6) is 5.75 Å². The molecule has 2 nitrogen and oxygen atoms in total. The second kappa shape index (κ2) is 3.16. The van der Waals surface area contributed by atoms with Gasteiger partial charge in [-0.25, -0.2) is 0 Å². The van der Waals surface area contributed by atoms with Crippen molar-refractivity contribution in [2.24, 2.45) is 0 Å². The minimum Gasteiger partial charge on any atom is -0.507 e. The van der Waals surface area contributed by atoms with E-state index in [-0.39, 0.29) is 5.75 Å². The molecule has 0 unspecified atom stereocenters. The molecule has 2 rings (SSSR count). The van der Waals surface area contributed by atoms with Gasteiger partial charge in [0.2, 0.25) is 0 Å². The number of thiophene rings is 1. The Hall–Kier alpha value is -0.800. The van der Waals surface area contributed by atoms with Crippen LogP contribution in [0.25, 0.3) is 10.1 Å². The van der Waals surface area contributed by atoms with Crippen LogP contribution in [-0.4, -0.2) is 5.11 Å². The molecule has 13 heavy (non-hydrogen) atoms. The number of hydrogen-bond donors (Lipinski definition) is 1. The third kappa shape index (κ3) is 1.28. The highest BCUT2D eigenvalue weighted by Gasteiger charge is 2.09. The molecule has 0 amide bonds. The molecule has 0 saturated carbocycles. The zero-order valence-corrected chi connectivity index (χ0v) is 9.39. The maximum absolute atomic E-state index is 9.40. The van der Waals surface area contributed by atoms with E-state index in [4.69, 9.17) is 5.26 Å². The van der Waals surface area contributed by atoms with Crippen molar-refractivity contribution in [2.45, 2.75) is 0 Å². The Labute approximate surface area is 92.6 Å². The number of nitrogens with zero attached hydrogens (tertiary/aromatic N) is 1. The van der Waals surface area contributed by atoms with E-state index in [0.717, 1.165) is 13.7 Å². The molecule has 0 fully saturated rings. The molecule has 1 aromatic carbocycles. The molecular weight excluding hydrogens is 297 g/mol. The molecule has 0 aliphatic carbocycles. The number of fused-ring (bicyclic) bond motifs is 1. The van der Waals surface area contributed by atoms with Crippen LogP contribution in [0.3, 0.4) is 0 Å². The van der Waals surface area contributed by atoms with Gasteiger partial charge in [-0.05, 0) is 34.7 Å². The van der Waals surface area contributed by atoms with Crippen LogP contribution >= 0.6 is 33.9 Å². The zero-order chi connectivity index (χ0) is 9.42. The summed E-state index contributed by atoms with van der Waals surface area (Å²) in [5.41, 5.74) is 0.380. The lowest BCUT2D eigenvalue weighted by atomic mass is 10.1. The van der Waals surface area contributed by atoms with Gasteiger partial charge in [-0.3, -0.25) is 0 Å². The maximum atomic E-state index is 9.40. The third-order valence-electron chi connectivity index (χ3n) is 1.79. The van der Waals surface area contributed by atoms with Crippen molar-refractivity contribution >= 4 is 44.0 Å². The van der Waals surface area contributed by atoms with Crippen molar-refractivity contribution in [3.8, 4) is 11.8 Å². The van der Waals surface area contributed by atoms with Crippen molar-refractivity contribution in [1.82, 2.24) is 0 Å². The molecule has 0 spiro atoms. The van der Waals surface area contributed by atoms with Gasteiger partial charge in [0.05, 0.1) is 4.70 Å². The van der Waals surface area contributed by atoms with E-state index in [0.29, 0.717) is 5.56 Å². The van der Waals surface area contributed by atoms with Crippen LogP contribution in [0.4, 0.5) is 0 Å². The fraction of sp³-hybridized carbons (Fsp3) is 0. The summed E-state index contributed by atoms with van der Waals surface area (Å²) in [6.45, 7) is 0. The topological polar surface area (TPSA) is 44.0 Å². The predicted octanol–water partition coefficient (Wildman–Crippen LogP) is 3.08. The minimum absolute atomic E-state index is 0.0632. The number of phenolic OH excluding ortho intramolecular Hbond substituents is 1. The van der Waals surface area contributed by atoms with Gasteiger partial charge in [-0.15, -0.1) is 11.3 Å². The van der Waals surface area contributed by atoms with Crippen LogP contribution in [0.15, 0.2) is 17.5 Å². The zero-order valence-electron chi connectivity index (χ0n) is 6.41. The van der Waals surface area contributed by atoms with Gasteiger partial charge in [0.15, 0.2) is 0 Å². The fourth-order valence-electron chi connectivity index (χ4n) is 1.16. The summed E-state index contributed by atoms with van der Waals surface area (Å²) in [6, 6.07) is 5.41. The van der Waals surface area contributed by atoms with Crippen LogP contribution in [0.2, 0.25) is 0 Å². The molecule has 1 N–H and O–H groups in total. The Morgan fingerprint density at radius 2 is 2.23 bits per heavy atom. The monoisotopic (exact) mass is 301 g/mol. The largest absolute Gasteiger partial charge is 0.507 e. The molecule has 64 valence electrons. The van der Waals surface area contributed by atoms with Gasteiger partial charge >= 0.3 is 0 Å². The van der Waals surface area contributed by atoms with Crippen molar-refractivity contribution in [2.75, 3.05) is 0 Å². The van der Waals surface area contributed by atoms with Gasteiger partial charge < -0.3 is 5.11 Å². The number of aromatic hydroxyl groups is 1. The Bertz CT molecular complexity index is 512. The summed E-state index contributed by atoms with van der Waals surface area (Å²) in [5, 5.41) is 21.2. The molecule has 4 heteroatoms. The number of rotatable bonds is 0. The molecule has 1 aromatic heterocycles. The number of nitriles is 1. The molecule has 0 bridgehead atoms. The second-order valence-electron chi connectivity index (χ2n) is 2.53. The highest BCUT2D eigenvalue weighted by Crippen LogP contribution is 2.33. The fourth-order valence-corrected chi connectivity index (χ4v) is 3.10. The maximum Gasteiger partial charge on any atom is 0.134 e.